The molecule has 2 aromatic rings. The third-order valence-corrected chi connectivity index (χ3v) is 3.53. The van der Waals surface area contributed by atoms with Crippen LogP contribution in [0.4, 0.5) is 0 Å². The van der Waals surface area contributed by atoms with E-state index in [-0.39, 0.29) is 31.0 Å². The molecule has 112 valence electrons. The van der Waals surface area contributed by atoms with E-state index in [1.54, 1.807) is 0 Å². The molecule has 4 nitrogen and oxygen atoms in total. The van der Waals surface area contributed by atoms with E-state index in [0.717, 1.165) is 36.0 Å². The van der Waals surface area contributed by atoms with Crippen LogP contribution in [0.25, 0.3) is 10.8 Å². The van der Waals surface area contributed by atoms with Gasteiger partial charge in [-0.3, -0.25) is 4.79 Å². The lowest BCUT2D eigenvalue weighted by molar-refractivity contribution is -0.123. The maximum absolute atomic E-state index is 11.8. The van der Waals surface area contributed by atoms with Crippen LogP contribution in [0.2, 0.25) is 0 Å². The van der Waals surface area contributed by atoms with Crippen molar-refractivity contribution >= 4 is 29.1 Å². The second-order valence-electron chi connectivity index (χ2n) is 5.02. The number of hydrogen-bond acceptors (Lipinski definition) is 3. The maximum atomic E-state index is 11.8. The zero-order valence-corrected chi connectivity index (χ0v) is 12.5. The van der Waals surface area contributed by atoms with Gasteiger partial charge in [0.1, 0.15) is 5.75 Å². The predicted octanol–water partition coefficient (Wildman–Crippen LogP) is 2.12. The smallest absolute Gasteiger partial charge is 0.258 e. The number of carbonyl (C=O) groups excluding carboxylic acids is 1. The molecule has 2 aromatic carbocycles. The number of fused-ring (bicyclic) bond motifs is 1. The summed E-state index contributed by atoms with van der Waals surface area (Å²) in [6, 6.07) is 14.1. The van der Waals surface area contributed by atoms with Gasteiger partial charge >= 0.3 is 0 Å². The number of amides is 1. The highest BCUT2D eigenvalue weighted by atomic mass is 35.5. The Morgan fingerprint density at radius 1 is 1.24 bits per heavy atom. The molecule has 5 heteroatoms. The summed E-state index contributed by atoms with van der Waals surface area (Å²) < 4.78 is 5.66. The summed E-state index contributed by atoms with van der Waals surface area (Å²) >= 11 is 0. The first kappa shape index (κ1) is 15.6. The van der Waals surface area contributed by atoms with Crippen molar-refractivity contribution < 1.29 is 9.53 Å². The van der Waals surface area contributed by atoms with E-state index < -0.39 is 0 Å². The van der Waals surface area contributed by atoms with Gasteiger partial charge in [0.05, 0.1) is 0 Å². The summed E-state index contributed by atoms with van der Waals surface area (Å²) in [5, 5.41) is 8.34. The van der Waals surface area contributed by atoms with Crippen LogP contribution in [0.5, 0.6) is 5.75 Å². The van der Waals surface area contributed by atoms with Crippen LogP contribution in [0.3, 0.4) is 0 Å². The minimum atomic E-state index is -0.0633. The minimum Gasteiger partial charge on any atom is -0.483 e. The molecular formula is C16H19ClN2O2. The molecule has 0 aliphatic carbocycles. The Morgan fingerprint density at radius 3 is 2.86 bits per heavy atom. The quantitative estimate of drug-likeness (QED) is 0.910. The second kappa shape index (κ2) is 7.29. The van der Waals surface area contributed by atoms with Crippen molar-refractivity contribution in [3.63, 3.8) is 0 Å². The lowest BCUT2D eigenvalue weighted by Crippen LogP contribution is -2.39. The molecule has 1 unspecified atom stereocenters. The van der Waals surface area contributed by atoms with Crippen LogP contribution in [-0.4, -0.2) is 31.6 Å². The monoisotopic (exact) mass is 306 g/mol. The van der Waals surface area contributed by atoms with Crippen molar-refractivity contribution in [2.45, 2.75) is 12.5 Å². The Balaban J connectivity index is 0.00000161. The van der Waals surface area contributed by atoms with Gasteiger partial charge in [-0.25, -0.2) is 0 Å². The summed E-state index contributed by atoms with van der Waals surface area (Å²) in [6.45, 7) is 1.87. The average molecular weight is 307 g/mol. The number of ether oxygens (including phenoxy) is 1. The average Bonchev–Trinajstić information content (AvgIpc) is 2.98. The first-order valence-corrected chi connectivity index (χ1v) is 6.93. The van der Waals surface area contributed by atoms with E-state index in [1.807, 2.05) is 42.5 Å². The molecule has 1 saturated heterocycles. The Hall–Kier alpha value is -1.78. The largest absolute Gasteiger partial charge is 0.483 e. The molecular weight excluding hydrogens is 288 g/mol. The zero-order valence-electron chi connectivity index (χ0n) is 11.7. The van der Waals surface area contributed by atoms with Gasteiger partial charge < -0.3 is 15.4 Å². The fourth-order valence-electron chi connectivity index (χ4n) is 2.51. The van der Waals surface area contributed by atoms with E-state index in [4.69, 9.17) is 4.74 Å². The second-order valence-corrected chi connectivity index (χ2v) is 5.02. The lowest BCUT2D eigenvalue weighted by atomic mass is 10.1. The molecule has 1 aliphatic rings. The van der Waals surface area contributed by atoms with Crippen molar-refractivity contribution in [3.05, 3.63) is 42.5 Å². The topological polar surface area (TPSA) is 50.4 Å². The standard InChI is InChI=1S/C16H18N2O2.ClH/c19-16(18-13-8-9-17-10-13)11-20-15-7-3-5-12-4-1-2-6-14(12)15;/h1-7,13,17H,8-11H2,(H,18,19);1H. The number of hydrogen-bond donors (Lipinski definition) is 2. The minimum absolute atomic E-state index is 0. The molecule has 0 bridgehead atoms. The van der Waals surface area contributed by atoms with Gasteiger partial charge in [0.2, 0.25) is 0 Å². The third-order valence-electron chi connectivity index (χ3n) is 3.53. The maximum Gasteiger partial charge on any atom is 0.258 e. The summed E-state index contributed by atoms with van der Waals surface area (Å²) in [4.78, 5) is 11.8. The van der Waals surface area contributed by atoms with E-state index in [0.29, 0.717) is 0 Å². The van der Waals surface area contributed by atoms with E-state index in [2.05, 4.69) is 10.6 Å². The third kappa shape index (κ3) is 3.86. The summed E-state index contributed by atoms with van der Waals surface area (Å²) in [7, 11) is 0. The molecule has 2 N–H and O–H groups in total. The highest BCUT2D eigenvalue weighted by Crippen LogP contribution is 2.24. The normalized spacial score (nSPS) is 17.2. The van der Waals surface area contributed by atoms with Crippen LogP contribution in [0, 0.1) is 0 Å². The number of carbonyl (C=O) groups is 1. The summed E-state index contributed by atoms with van der Waals surface area (Å²) in [5.41, 5.74) is 0. The van der Waals surface area contributed by atoms with Crippen molar-refractivity contribution in [1.82, 2.24) is 10.6 Å². The Bertz CT molecular complexity index is 607. The van der Waals surface area contributed by atoms with Gasteiger partial charge in [-0.1, -0.05) is 36.4 Å². The van der Waals surface area contributed by atoms with Gasteiger partial charge in [0.25, 0.3) is 5.91 Å². The highest BCUT2D eigenvalue weighted by Gasteiger charge is 2.16. The molecule has 1 fully saturated rings. The van der Waals surface area contributed by atoms with Gasteiger partial charge in [0.15, 0.2) is 6.61 Å². The van der Waals surface area contributed by atoms with Crippen LogP contribution < -0.4 is 15.4 Å². The van der Waals surface area contributed by atoms with E-state index in [9.17, 15) is 4.79 Å². The van der Waals surface area contributed by atoms with E-state index >= 15 is 0 Å². The first-order valence-electron chi connectivity index (χ1n) is 6.93. The Kier molecular flexibility index (Phi) is 5.42. The van der Waals surface area contributed by atoms with E-state index in [1.165, 1.54) is 0 Å². The molecule has 0 aromatic heterocycles. The molecule has 3 rings (SSSR count). The van der Waals surface area contributed by atoms with Crippen molar-refractivity contribution in [3.8, 4) is 5.75 Å². The number of benzene rings is 2. The SMILES string of the molecule is Cl.O=C(COc1cccc2ccccc12)NC1CCNC1. The summed E-state index contributed by atoms with van der Waals surface area (Å²) in [5.74, 6) is 0.689. The Morgan fingerprint density at radius 2 is 2.05 bits per heavy atom. The molecule has 0 radical (unpaired) electrons. The molecule has 1 amide bonds. The molecule has 0 saturated carbocycles. The van der Waals surface area contributed by atoms with Crippen molar-refractivity contribution in [1.29, 1.82) is 0 Å². The molecule has 1 atom stereocenters. The lowest BCUT2D eigenvalue weighted by Gasteiger charge is -2.13. The fourth-order valence-corrected chi connectivity index (χ4v) is 2.51. The van der Waals surface area contributed by atoms with Crippen molar-refractivity contribution in [2.75, 3.05) is 19.7 Å². The predicted molar refractivity (Wildman–Crippen MR) is 86.1 cm³/mol. The van der Waals surface area contributed by atoms with Crippen LogP contribution in [0.15, 0.2) is 42.5 Å². The van der Waals surface area contributed by atoms with Gasteiger partial charge in [-0.2, -0.15) is 0 Å². The number of rotatable bonds is 4. The van der Waals surface area contributed by atoms with Crippen LogP contribution in [-0.2, 0) is 4.79 Å². The summed E-state index contributed by atoms with van der Waals surface area (Å²) in [6.07, 6.45) is 0.986. The number of halogens is 1. The van der Waals surface area contributed by atoms with Crippen molar-refractivity contribution in [2.24, 2.45) is 0 Å². The van der Waals surface area contributed by atoms with Gasteiger partial charge in [-0.05, 0) is 24.4 Å². The first-order chi connectivity index (χ1) is 9.83. The Labute approximate surface area is 130 Å². The van der Waals surface area contributed by atoms with Crippen LogP contribution >= 0.6 is 12.4 Å². The zero-order chi connectivity index (χ0) is 13.8. The van der Waals surface area contributed by atoms with Crippen LogP contribution in [0.1, 0.15) is 6.42 Å². The van der Waals surface area contributed by atoms with Gasteiger partial charge in [-0.15, -0.1) is 12.4 Å². The number of nitrogens with one attached hydrogen (secondary N) is 2. The molecule has 0 spiro atoms. The van der Waals surface area contributed by atoms with Gasteiger partial charge in [0, 0.05) is 18.0 Å². The highest BCUT2D eigenvalue weighted by molar-refractivity contribution is 5.88. The molecule has 21 heavy (non-hydrogen) atoms. The molecule has 1 aliphatic heterocycles. The molecule has 1 heterocycles. The fraction of sp³-hybridized carbons (Fsp3) is 0.312.